The molecule has 0 unspecified atom stereocenters. The zero-order chi connectivity index (χ0) is 15.4. The smallest absolute Gasteiger partial charge is 0.267 e. The molecule has 1 fully saturated rings. The molecule has 114 valence electrons. The number of piperidine rings is 1. The van der Waals surface area contributed by atoms with Gasteiger partial charge in [-0.2, -0.15) is 0 Å². The van der Waals surface area contributed by atoms with Gasteiger partial charge in [-0.3, -0.25) is 9.69 Å². The molecule has 2 heterocycles. The predicted octanol–water partition coefficient (Wildman–Crippen LogP) is 2.83. The van der Waals surface area contributed by atoms with Crippen LogP contribution in [0.25, 0.3) is 11.3 Å². The van der Waals surface area contributed by atoms with E-state index >= 15 is 0 Å². The molecule has 4 nitrogen and oxygen atoms in total. The molecule has 1 aromatic carbocycles. The fourth-order valence-electron chi connectivity index (χ4n) is 2.89. The van der Waals surface area contributed by atoms with Gasteiger partial charge in [0.15, 0.2) is 0 Å². The number of nitrogens with two attached hydrogens (primary N) is 1. The number of pyridine rings is 1. The van der Waals surface area contributed by atoms with Crippen LogP contribution in [0.1, 0.15) is 35.3 Å². The predicted molar refractivity (Wildman–Crippen MR) is 87.3 cm³/mol. The third-order valence-corrected chi connectivity index (χ3v) is 4.11. The van der Waals surface area contributed by atoms with E-state index in [1.54, 1.807) is 6.07 Å². The minimum Gasteiger partial charge on any atom is -0.364 e. The molecule has 1 aliphatic rings. The maximum Gasteiger partial charge on any atom is 0.267 e. The van der Waals surface area contributed by atoms with Crippen molar-refractivity contribution in [3.63, 3.8) is 0 Å². The van der Waals surface area contributed by atoms with Crippen LogP contribution in [-0.4, -0.2) is 28.9 Å². The highest BCUT2D eigenvalue weighted by Gasteiger charge is 2.10. The molecule has 0 spiro atoms. The van der Waals surface area contributed by atoms with E-state index in [-0.39, 0.29) is 0 Å². The topological polar surface area (TPSA) is 59.2 Å². The number of likely N-dealkylation sites (tertiary alicyclic amines) is 1. The Labute approximate surface area is 131 Å². The maximum absolute atomic E-state index is 11.2. The molecule has 0 atom stereocenters. The Hall–Kier alpha value is -2.20. The Kier molecular flexibility index (Phi) is 4.49. The first kappa shape index (κ1) is 14.7. The maximum atomic E-state index is 11.2. The first-order valence-corrected chi connectivity index (χ1v) is 7.81. The van der Waals surface area contributed by atoms with Crippen LogP contribution in [0.3, 0.4) is 0 Å². The minimum atomic E-state index is -0.497. The van der Waals surface area contributed by atoms with Gasteiger partial charge >= 0.3 is 0 Å². The fourth-order valence-corrected chi connectivity index (χ4v) is 2.89. The van der Waals surface area contributed by atoms with E-state index < -0.39 is 5.91 Å². The first-order valence-electron chi connectivity index (χ1n) is 7.81. The van der Waals surface area contributed by atoms with Crippen molar-refractivity contribution in [1.82, 2.24) is 9.88 Å². The zero-order valence-electron chi connectivity index (χ0n) is 12.7. The lowest BCUT2D eigenvalue weighted by atomic mass is 10.1. The van der Waals surface area contributed by atoms with Gasteiger partial charge in [0.1, 0.15) is 5.69 Å². The molecular weight excluding hydrogens is 274 g/mol. The summed E-state index contributed by atoms with van der Waals surface area (Å²) in [7, 11) is 0. The third kappa shape index (κ3) is 3.52. The molecule has 1 aromatic heterocycles. The normalized spacial score (nSPS) is 15.6. The lowest BCUT2D eigenvalue weighted by Gasteiger charge is -2.26. The number of amides is 1. The van der Waals surface area contributed by atoms with Crippen molar-refractivity contribution in [3.8, 4) is 11.3 Å². The molecule has 0 saturated carbocycles. The number of rotatable bonds is 4. The van der Waals surface area contributed by atoms with Crippen molar-refractivity contribution in [1.29, 1.82) is 0 Å². The van der Waals surface area contributed by atoms with E-state index in [1.165, 1.54) is 37.9 Å². The second-order valence-corrected chi connectivity index (χ2v) is 5.81. The Morgan fingerprint density at radius 3 is 2.45 bits per heavy atom. The van der Waals surface area contributed by atoms with E-state index in [0.717, 1.165) is 17.8 Å². The van der Waals surface area contributed by atoms with Gasteiger partial charge in [0.25, 0.3) is 5.91 Å². The number of carbonyl (C=O) groups excluding carboxylic acids is 1. The molecule has 2 N–H and O–H groups in total. The van der Waals surface area contributed by atoms with Crippen LogP contribution < -0.4 is 5.73 Å². The second kappa shape index (κ2) is 6.71. The number of hydrogen-bond donors (Lipinski definition) is 1. The van der Waals surface area contributed by atoms with E-state index in [9.17, 15) is 4.79 Å². The summed E-state index contributed by atoms with van der Waals surface area (Å²) in [5.74, 6) is -0.497. The van der Waals surface area contributed by atoms with E-state index in [0.29, 0.717) is 5.69 Å². The van der Waals surface area contributed by atoms with Gasteiger partial charge in [0.05, 0.1) is 5.69 Å². The number of hydrogen-bond acceptors (Lipinski definition) is 3. The Morgan fingerprint density at radius 2 is 1.77 bits per heavy atom. The van der Waals surface area contributed by atoms with Gasteiger partial charge in [-0.15, -0.1) is 0 Å². The molecule has 1 amide bonds. The molecule has 0 radical (unpaired) electrons. The number of nitrogens with zero attached hydrogens (tertiary/aromatic N) is 2. The van der Waals surface area contributed by atoms with Gasteiger partial charge in [-0.25, -0.2) is 4.98 Å². The summed E-state index contributed by atoms with van der Waals surface area (Å²) in [6, 6.07) is 13.7. The van der Waals surface area contributed by atoms with Gasteiger partial charge in [-0.1, -0.05) is 36.8 Å². The highest BCUT2D eigenvalue weighted by atomic mass is 16.1. The van der Waals surface area contributed by atoms with Crippen LogP contribution in [-0.2, 0) is 6.54 Å². The lowest BCUT2D eigenvalue weighted by molar-refractivity contribution is 0.0995. The summed E-state index contributed by atoms with van der Waals surface area (Å²) in [4.78, 5) is 18.0. The molecule has 2 aromatic rings. The SMILES string of the molecule is NC(=O)c1cccc(-c2ccc(CN3CCCCC3)cc2)n1. The van der Waals surface area contributed by atoms with Crippen LogP contribution in [0.4, 0.5) is 0 Å². The molecule has 1 aliphatic heterocycles. The highest BCUT2D eigenvalue weighted by Crippen LogP contribution is 2.19. The van der Waals surface area contributed by atoms with Crippen LogP contribution in [0.2, 0.25) is 0 Å². The molecule has 22 heavy (non-hydrogen) atoms. The quantitative estimate of drug-likeness (QED) is 0.943. The summed E-state index contributed by atoms with van der Waals surface area (Å²) in [5.41, 5.74) is 8.68. The number of primary amides is 1. The van der Waals surface area contributed by atoms with Gasteiger partial charge in [0, 0.05) is 12.1 Å². The average Bonchev–Trinajstić information content (AvgIpc) is 2.56. The second-order valence-electron chi connectivity index (χ2n) is 5.81. The standard InChI is InChI=1S/C18H21N3O/c19-18(22)17-6-4-5-16(20-17)15-9-7-14(8-10-15)13-21-11-2-1-3-12-21/h4-10H,1-3,11-13H2,(H2,19,22). The Balaban J connectivity index is 1.73. The van der Waals surface area contributed by atoms with Gasteiger partial charge in [-0.05, 0) is 43.6 Å². The van der Waals surface area contributed by atoms with Gasteiger partial charge in [0.2, 0.25) is 0 Å². The summed E-state index contributed by atoms with van der Waals surface area (Å²) in [5, 5.41) is 0. The Morgan fingerprint density at radius 1 is 1.05 bits per heavy atom. The Bertz CT molecular complexity index is 646. The third-order valence-electron chi connectivity index (χ3n) is 4.11. The lowest BCUT2D eigenvalue weighted by Crippen LogP contribution is -2.28. The summed E-state index contributed by atoms with van der Waals surface area (Å²) in [6.45, 7) is 3.41. The summed E-state index contributed by atoms with van der Waals surface area (Å²) >= 11 is 0. The van der Waals surface area contributed by atoms with Crippen molar-refractivity contribution in [2.45, 2.75) is 25.8 Å². The van der Waals surface area contributed by atoms with Gasteiger partial charge < -0.3 is 5.73 Å². The monoisotopic (exact) mass is 295 g/mol. The number of carbonyl (C=O) groups is 1. The van der Waals surface area contributed by atoms with E-state index in [1.807, 2.05) is 12.1 Å². The van der Waals surface area contributed by atoms with E-state index in [2.05, 4.69) is 34.1 Å². The molecule has 0 bridgehead atoms. The molecule has 3 rings (SSSR count). The van der Waals surface area contributed by atoms with Crippen LogP contribution in [0.15, 0.2) is 42.5 Å². The molecule has 0 aliphatic carbocycles. The first-order chi connectivity index (χ1) is 10.7. The van der Waals surface area contributed by atoms with Crippen LogP contribution in [0.5, 0.6) is 0 Å². The fraction of sp³-hybridized carbons (Fsp3) is 0.333. The number of benzene rings is 1. The van der Waals surface area contributed by atoms with E-state index in [4.69, 9.17) is 5.73 Å². The molecule has 4 heteroatoms. The largest absolute Gasteiger partial charge is 0.364 e. The van der Waals surface area contributed by atoms with Crippen molar-refractivity contribution >= 4 is 5.91 Å². The van der Waals surface area contributed by atoms with Crippen molar-refractivity contribution in [3.05, 3.63) is 53.7 Å². The summed E-state index contributed by atoms with van der Waals surface area (Å²) < 4.78 is 0. The molecular formula is C18H21N3O. The van der Waals surface area contributed by atoms with Crippen molar-refractivity contribution in [2.24, 2.45) is 5.73 Å². The molecule has 1 saturated heterocycles. The van der Waals surface area contributed by atoms with Crippen molar-refractivity contribution in [2.75, 3.05) is 13.1 Å². The highest BCUT2D eigenvalue weighted by molar-refractivity contribution is 5.91. The average molecular weight is 295 g/mol. The zero-order valence-corrected chi connectivity index (χ0v) is 12.7. The summed E-state index contributed by atoms with van der Waals surface area (Å²) in [6.07, 6.45) is 3.97. The van der Waals surface area contributed by atoms with Crippen molar-refractivity contribution < 1.29 is 4.79 Å². The number of aromatic nitrogens is 1. The minimum absolute atomic E-state index is 0.301. The van der Waals surface area contributed by atoms with Crippen LogP contribution >= 0.6 is 0 Å². The van der Waals surface area contributed by atoms with Crippen LogP contribution in [0, 0.1) is 0 Å².